The van der Waals surface area contributed by atoms with Gasteiger partial charge in [0.25, 0.3) is 0 Å². The van der Waals surface area contributed by atoms with Crippen molar-refractivity contribution >= 4 is 44.9 Å². The van der Waals surface area contributed by atoms with Gasteiger partial charge in [-0.3, -0.25) is 0 Å². The predicted octanol–water partition coefficient (Wildman–Crippen LogP) is 13.8. The van der Waals surface area contributed by atoms with E-state index in [-0.39, 0.29) is 5.41 Å². The smallest absolute Gasteiger partial charge is 0.0781 e. The minimum atomic E-state index is -0.244. The van der Waals surface area contributed by atoms with E-state index in [1.807, 2.05) is 0 Å². The number of benzene rings is 8. The lowest BCUT2D eigenvalue weighted by Crippen LogP contribution is -2.32. The normalized spacial score (nSPS) is 13.0. The molecule has 0 radical (unpaired) electrons. The Hall–Kier alpha value is -6.38. The van der Waals surface area contributed by atoms with E-state index < -0.39 is 0 Å². The third kappa shape index (κ3) is 5.19. The molecule has 0 saturated carbocycles. The molecule has 0 fully saturated rings. The Balaban J connectivity index is 1.35. The molecule has 0 spiro atoms. The molecule has 2 nitrogen and oxygen atoms in total. The fourth-order valence-electron chi connectivity index (χ4n) is 8.04. The van der Waals surface area contributed by atoms with Crippen LogP contribution < -0.4 is 9.80 Å². The average molecular weight is 655 g/mol. The van der Waals surface area contributed by atoms with Crippen LogP contribution in [0.4, 0.5) is 34.1 Å². The van der Waals surface area contributed by atoms with Crippen molar-refractivity contribution in [2.75, 3.05) is 9.80 Å². The van der Waals surface area contributed by atoms with E-state index in [0.29, 0.717) is 0 Å². The van der Waals surface area contributed by atoms with Crippen LogP contribution in [0.5, 0.6) is 0 Å². The predicted molar refractivity (Wildman–Crippen MR) is 216 cm³/mol. The second-order valence-corrected chi connectivity index (χ2v) is 13.8. The Kier molecular flexibility index (Phi) is 7.51. The van der Waals surface area contributed by atoms with Crippen LogP contribution in [0.2, 0.25) is 0 Å². The van der Waals surface area contributed by atoms with Gasteiger partial charge in [-0.25, -0.2) is 0 Å². The fraction of sp³-hybridized carbons (Fsp3) is 0.0612. The molecule has 0 saturated heterocycles. The van der Waals surface area contributed by atoms with Crippen molar-refractivity contribution in [3.63, 3.8) is 0 Å². The molecule has 51 heavy (non-hydrogen) atoms. The highest BCUT2D eigenvalue weighted by molar-refractivity contribution is 6.09. The summed E-state index contributed by atoms with van der Waals surface area (Å²) in [5.74, 6) is 0. The maximum atomic E-state index is 2.54. The van der Waals surface area contributed by atoms with Gasteiger partial charge in [-0.2, -0.15) is 0 Å². The van der Waals surface area contributed by atoms with Gasteiger partial charge >= 0.3 is 0 Å². The minimum Gasteiger partial charge on any atom is -0.308 e. The van der Waals surface area contributed by atoms with E-state index in [0.717, 1.165) is 22.7 Å². The highest BCUT2D eigenvalue weighted by Gasteiger charge is 2.40. The van der Waals surface area contributed by atoms with Crippen molar-refractivity contribution < 1.29 is 0 Å². The van der Waals surface area contributed by atoms with Crippen LogP contribution >= 0.6 is 0 Å². The van der Waals surface area contributed by atoms with Gasteiger partial charge in [-0.15, -0.1) is 0 Å². The number of fused-ring (bicyclic) bond motifs is 3. The van der Waals surface area contributed by atoms with Crippen LogP contribution in [-0.2, 0) is 5.41 Å². The van der Waals surface area contributed by atoms with E-state index >= 15 is 0 Å². The zero-order valence-electron chi connectivity index (χ0n) is 28.9. The number of hydrogen-bond acceptors (Lipinski definition) is 2. The van der Waals surface area contributed by atoms with Crippen LogP contribution in [0.1, 0.15) is 25.0 Å². The van der Waals surface area contributed by atoms with Crippen molar-refractivity contribution in [1.29, 1.82) is 0 Å². The second kappa shape index (κ2) is 12.5. The number of para-hydroxylation sites is 2. The molecule has 0 aliphatic carbocycles. The van der Waals surface area contributed by atoms with Crippen molar-refractivity contribution in [3.8, 4) is 22.3 Å². The summed E-state index contributed by atoms with van der Waals surface area (Å²) in [6.45, 7) is 4.76. The molecule has 9 rings (SSSR count). The number of anilines is 6. The highest BCUT2D eigenvalue weighted by atomic mass is 15.2. The first-order valence-electron chi connectivity index (χ1n) is 17.7. The monoisotopic (exact) mass is 654 g/mol. The van der Waals surface area contributed by atoms with Gasteiger partial charge in [-0.05, 0) is 81.2 Å². The molecule has 0 unspecified atom stereocenters. The molecule has 8 aromatic carbocycles. The maximum absolute atomic E-state index is 2.54. The summed E-state index contributed by atoms with van der Waals surface area (Å²) in [4.78, 5) is 4.95. The van der Waals surface area contributed by atoms with Gasteiger partial charge in [0.15, 0.2) is 0 Å². The topological polar surface area (TPSA) is 6.48 Å². The lowest BCUT2D eigenvalue weighted by molar-refractivity contribution is 0.634. The van der Waals surface area contributed by atoms with Crippen LogP contribution in [0.25, 0.3) is 33.0 Å². The van der Waals surface area contributed by atoms with Crippen LogP contribution in [0.15, 0.2) is 194 Å². The summed E-state index contributed by atoms with van der Waals surface area (Å²) in [6.07, 6.45) is 0. The van der Waals surface area contributed by atoms with Crippen LogP contribution in [0, 0.1) is 0 Å². The van der Waals surface area contributed by atoms with Crippen LogP contribution in [0.3, 0.4) is 0 Å². The summed E-state index contributed by atoms with van der Waals surface area (Å²) < 4.78 is 0. The molecule has 0 aromatic heterocycles. The Morgan fingerprint density at radius 3 is 1.75 bits per heavy atom. The molecule has 0 atom stereocenters. The first kappa shape index (κ1) is 30.7. The standard InChI is InChI=1S/C49H38N2/c1-49(2)43-26-14-15-27-44(43)51(45-28-16-25-41(47(45)49)37-19-8-4-9-20-37)48-42-24-13-12-21-38(42)31-34-46(48)50(39-22-10-5-11-23-39)40-32-29-36(30-33-40)35-17-6-3-7-18-35/h3-34H,1-2H3. The average Bonchev–Trinajstić information content (AvgIpc) is 3.20. The first-order chi connectivity index (χ1) is 25.1. The van der Waals surface area contributed by atoms with Crippen molar-refractivity contribution in [3.05, 3.63) is 205 Å². The molecule has 244 valence electrons. The largest absolute Gasteiger partial charge is 0.308 e. The van der Waals surface area contributed by atoms with Gasteiger partial charge < -0.3 is 9.80 Å². The summed E-state index contributed by atoms with van der Waals surface area (Å²) in [7, 11) is 0. The van der Waals surface area contributed by atoms with E-state index in [1.54, 1.807) is 0 Å². The second-order valence-electron chi connectivity index (χ2n) is 13.8. The maximum Gasteiger partial charge on any atom is 0.0781 e. The zero-order valence-corrected chi connectivity index (χ0v) is 28.9. The quantitative estimate of drug-likeness (QED) is 0.176. The Morgan fingerprint density at radius 1 is 0.431 bits per heavy atom. The zero-order chi connectivity index (χ0) is 34.4. The van der Waals surface area contributed by atoms with Crippen molar-refractivity contribution in [1.82, 2.24) is 0 Å². The lowest BCUT2D eigenvalue weighted by atomic mass is 9.70. The Bertz CT molecular complexity index is 2480. The molecule has 1 aliphatic rings. The molecular formula is C49H38N2. The van der Waals surface area contributed by atoms with Gasteiger partial charge in [0, 0.05) is 22.2 Å². The van der Waals surface area contributed by atoms with E-state index in [9.17, 15) is 0 Å². The van der Waals surface area contributed by atoms with E-state index in [1.165, 1.54) is 55.5 Å². The molecule has 1 aliphatic heterocycles. The van der Waals surface area contributed by atoms with Gasteiger partial charge in [0.1, 0.15) is 0 Å². The fourth-order valence-corrected chi connectivity index (χ4v) is 8.04. The van der Waals surface area contributed by atoms with Crippen LogP contribution in [-0.4, -0.2) is 0 Å². The third-order valence-corrected chi connectivity index (χ3v) is 10.4. The highest BCUT2D eigenvalue weighted by Crippen LogP contribution is 2.58. The number of hydrogen-bond donors (Lipinski definition) is 0. The molecule has 0 amide bonds. The molecule has 8 aromatic rings. The summed E-state index contributed by atoms with van der Waals surface area (Å²) in [6, 6.07) is 70.3. The lowest BCUT2D eigenvalue weighted by Gasteiger charge is -2.44. The molecule has 2 heteroatoms. The SMILES string of the molecule is CC1(C)c2ccccc2N(c2c(N(c3ccccc3)c3ccc(-c4ccccc4)cc3)ccc3ccccc23)c2cccc(-c3ccccc3)c21. The van der Waals surface area contributed by atoms with Gasteiger partial charge in [0.05, 0.1) is 22.7 Å². The number of nitrogens with zero attached hydrogens (tertiary/aromatic N) is 2. The molecule has 1 heterocycles. The third-order valence-electron chi connectivity index (χ3n) is 10.4. The molecule has 0 N–H and O–H groups in total. The summed E-state index contributed by atoms with van der Waals surface area (Å²) >= 11 is 0. The van der Waals surface area contributed by atoms with Crippen molar-refractivity contribution in [2.24, 2.45) is 0 Å². The first-order valence-corrected chi connectivity index (χ1v) is 17.7. The van der Waals surface area contributed by atoms with E-state index in [2.05, 4.69) is 218 Å². The molecular weight excluding hydrogens is 617 g/mol. The number of rotatable bonds is 6. The Labute approximate surface area is 300 Å². The minimum absolute atomic E-state index is 0.244. The van der Waals surface area contributed by atoms with E-state index in [4.69, 9.17) is 0 Å². The van der Waals surface area contributed by atoms with Gasteiger partial charge in [-0.1, -0.05) is 166 Å². The molecule has 0 bridgehead atoms. The summed E-state index contributed by atoms with van der Waals surface area (Å²) in [5.41, 5.74) is 14.1. The summed E-state index contributed by atoms with van der Waals surface area (Å²) in [5, 5.41) is 2.40. The van der Waals surface area contributed by atoms with Crippen molar-refractivity contribution in [2.45, 2.75) is 19.3 Å². The van der Waals surface area contributed by atoms with Gasteiger partial charge in [0.2, 0.25) is 0 Å². The Morgan fingerprint density at radius 2 is 1.00 bits per heavy atom.